The molecule has 0 bridgehead atoms. The molecule has 1 atom stereocenters. The van der Waals surface area contributed by atoms with Crippen LogP contribution in [0.2, 0.25) is 0 Å². The second-order valence-corrected chi connectivity index (χ2v) is 1.99. The molecule has 0 spiro atoms. The van der Waals surface area contributed by atoms with Crippen molar-refractivity contribution in [2.75, 3.05) is 6.61 Å². The van der Waals surface area contributed by atoms with E-state index in [-0.39, 0.29) is 6.10 Å². The molecule has 0 saturated carbocycles. The molecule has 0 aliphatic carbocycles. The van der Waals surface area contributed by atoms with Crippen LogP contribution >= 0.6 is 0 Å². The number of hydrogen-bond acceptors (Lipinski definition) is 2. The normalized spacial score (nSPS) is 12.6. The van der Waals surface area contributed by atoms with Gasteiger partial charge in [-0.1, -0.05) is 6.58 Å². The van der Waals surface area contributed by atoms with Crippen LogP contribution in [0, 0.1) is 0 Å². The minimum atomic E-state index is -0.499. The van der Waals surface area contributed by atoms with Gasteiger partial charge in [0.2, 0.25) is 5.91 Å². The van der Waals surface area contributed by atoms with Gasteiger partial charge in [0.05, 0.1) is 6.10 Å². The summed E-state index contributed by atoms with van der Waals surface area (Å²) in [4.78, 5) is 10.5. The lowest BCUT2D eigenvalue weighted by atomic mass is 10.2. The summed E-state index contributed by atoms with van der Waals surface area (Å²) in [6.45, 7) is 7.63. The number of amides is 1. The van der Waals surface area contributed by atoms with E-state index >= 15 is 0 Å². The molecule has 1 unspecified atom stereocenters. The third-order valence-electron chi connectivity index (χ3n) is 1.22. The van der Waals surface area contributed by atoms with E-state index in [1.807, 2.05) is 6.92 Å². The number of primary amides is 1. The Kier molecular flexibility index (Phi) is 3.72. The molecule has 0 aliphatic heterocycles. The van der Waals surface area contributed by atoms with Crippen molar-refractivity contribution in [3.05, 3.63) is 12.2 Å². The van der Waals surface area contributed by atoms with E-state index in [1.165, 1.54) is 0 Å². The van der Waals surface area contributed by atoms with Crippen molar-refractivity contribution >= 4 is 5.91 Å². The SMILES string of the molecule is C=C(C(N)=O)C(C)OCC. The Morgan fingerprint density at radius 3 is 2.60 bits per heavy atom. The minimum Gasteiger partial charge on any atom is -0.374 e. The smallest absolute Gasteiger partial charge is 0.246 e. The van der Waals surface area contributed by atoms with Crippen molar-refractivity contribution in [3.8, 4) is 0 Å². The van der Waals surface area contributed by atoms with E-state index in [0.29, 0.717) is 12.2 Å². The van der Waals surface area contributed by atoms with Crippen molar-refractivity contribution in [3.63, 3.8) is 0 Å². The van der Waals surface area contributed by atoms with E-state index in [9.17, 15) is 4.79 Å². The predicted molar refractivity (Wildman–Crippen MR) is 39.4 cm³/mol. The van der Waals surface area contributed by atoms with E-state index in [4.69, 9.17) is 10.5 Å². The molecule has 0 aromatic heterocycles. The molecule has 0 rings (SSSR count). The number of carbonyl (C=O) groups excluding carboxylic acids is 1. The number of nitrogens with two attached hydrogens (primary N) is 1. The van der Waals surface area contributed by atoms with Gasteiger partial charge in [-0.25, -0.2) is 0 Å². The first-order valence-electron chi connectivity index (χ1n) is 3.19. The van der Waals surface area contributed by atoms with Gasteiger partial charge in [0.15, 0.2) is 0 Å². The standard InChI is InChI=1S/C7H13NO2/c1-4-10-6(3)5(2)7(8)9/h6H,2,4H2,1,3H3,(H2,8,9). The van der Waals surface area contributed by atoms with Crippen molar-refractivity contribution < 1.29 is 9.53 Å². The van der Waals surface area contributed by atoms with Crippen molar-refractivity contribution in [2.24, 2.45) is 5.73 Å². The Morgan fingerprint density at radius 1 is 1.80 bits per heavy atom. The number of rotatable bonds is 4. The Balaban J connectivity index is 3.82. The lowest BCUT2D eigenvalue weighted by Crippen LogP contribution is -2.23. The lowest BCUT2D eigenvalue weighted by molar-refractivity contribution is -0.115. The Bertz CT molecular complexity index is 143. The van der Waals surface area contributed by atoms with Crippen LogP contribution in [0.5, 0.6) is 0 Å². The quantitative estimate of drug-likeness (QED) is 0.581. The molecule has 10 heavy (non-hydrogen) atoms. The van der Waals surface area contributed by atoms with Crippen LogP contribution in [0.25, 0.3) is 0 Å². The van der Waals surface area contributed by atoms with Gasteiger partial charge in [-0.2, -0.15) is 0 Å². The second-order valence-electron chi connectivity index (χ2n) is 1.99. The monoisotopic (exact) mass is 143 g/mol. The lowest BCUT2D eigenvalue weighted by Gasteiger charge is -2.10. The van der Waals surface area contributed by atoms with E-state index in [0.717, 1.165) is 0 Å². The van der Waals surface area contributed by atoms with Gasteiger partial charge in [-0.15, -0.1) is 0 Å². The first-order valence-corrected chi connectivity index (χ1v) is 3.19. The number of ether oxygens (including phenoxy) is 1. The maximum absolute atomic E-state index is 10.5. The van der Waals surface area contributed by atoms with E-state index in [2.05, 4.69) is 6.58 Å². The van der Waals surface area contributed by atoms with E-state index < -0.39 is 5.91 Å². The van der Waals surface area contributed by atoms with Crippen molar-refractivity contribution in [1.82, 2.24) is 0 Å². The average molecular weight is 143 g/mol. The van der Waals surface area contributed by atoms with Crippen molar-refractivity contribution in [2.45, 2.75) is 20.0 Å². The molecule has 2 N–H and O–H groups in total. The summed E-state index contributed by atoms with van der Waals surface area (Å²) in [6.07, 6.45) is -0.262. The second kappa shape index (κ2) is 4.06. The van der Waals surface area contributed by atoms with Gasteiger partial charge in [-0.05, 0) is 13.8 Å². The molecular weight excluding hydrogens is 130 g/mol. The van der Waals surface area contributed by atoms with Crippen LogP contribution < -0.4 is 5.73 Å². The van der Waals surface area contributed by atoms with Crippen LogP contribution in [0.4, 0.5) is 0 Å². The van der Waals surface area contributed by atoms with Crippen LogP contribution in [-0.2, 0) is 9.53 Å². The third-order valence-corrected chi connectivity index (χ3v) is 1.22. The molecule has 0 heterocycles. The fraction of sp³-hybridized carbons (Fsp3) is 0.571. The molecular formula is C7H13NO2. The highest BCUT2D eigenvalue weighted by atomic mass is 16.5. The molecule has 0 radical (unpaired) electrons. The van der Waals surface area contributed by atoms with Gasteiger partial charge in [0.25, 0.3) is 0 Å². The summed E-state index contributed by atoms with van der Waals surface area (Å²) >= 11 is 0. The highest BCUT2D eigenvalue weighted by molar-refractivity contribution is 5.92. The topological polar surface area (TPSA) is 52.3 Å². The largest absolute Gasteiger partial charge is 0.374 e. The Labute approximate surface area is 60.9 Å². The molecule has 58 valence electrons. The molecule has 0 aliphatic rings. The van der Waals surface area contributed by atoms with Crippen LogP contribution in [-0.4, -0.2) is 18.6 Å². The molecule has 0 aromatic rings. The summed E-state index contributed by atoms with van der Waals surface area (Å²) in [6, 6.07) is 0. The molecule has 1 amide bonds. The Morgan fingerprint density at radius 2 is 2.30 bits per heavy atom. The van der Waals surface area contributed by atoms with Gasteiger partial charge in [0, 0.05) is 12.2 Å². The van der Waals surface area contributed by atoms with Crippen LogP contribution in [0.15, 0.2) is 12.2 Å². The summed E-state index contributed by atoms with van der Waals surface area (Å²) in [5.41, 5.74) is 5.27. The zero-order valence-electron chi connectivity index (χ0n) is 6.39. The summed E-state index contributed by atoms with van der Waals surface area (Å²) < 4.78 is 5.06. The Hall–Kier alpha value is -0.830. The van der Waals surface area contributed by atoms with E-state index in [1.54, 1.807) is 6.92 Å². The van der Waals surface area contributed by atoms with Gasteiger partial charge < -0.3 is 10.5 Å². The summed E-state index contributed by atoms with van der Waals surface area (Å²) in [7, 11) is 0. The molecule has 0 saturated heterocycles. The van der Waals surface area contributed by atoms with Gasteiger partial charge in [-0.3, -0.25) is 4.79 Å². The molecule has 0 fully saturated rings. The predicted octanol–water partition coefficient (Wildman–Crippen LogP) is 0.453. The first-order chi connectivity index (χ1) is 4.59. The average Bonchev–Trinajstić information content (AvgIpc) is 1.87. The van der Waals surface area contributed by atoms with Crippen molar-refractivity contribution in [1.29, 1.82) is 0 Å². The number of hydrogen-bond donors (Lipinski definition) is 1. The third kappa shape index (κ3) is 2.64. The maximum Gasteiger partial charge on any atom is 0.246 e. The highest BCUT2D eigenvalue weighted by Crippen LogP contribution is 2.01. The fourth-order valence-electron chi connectivity index (χ4n) is 0.551. The number of carbonyl (C=O) groups is 1. The molecule has 0 aromatic carbocycles. The van der Waals surface area contributed by atoms with Crippen LogP contribution in [0.3, 0.4) is 0 Å². The highest BCUT2D eigenvalue weighted by Gasteiger charge is 2.10. The van der Waals surface area contributed by atoms with Gasteiger partial charge >= 0.3 is 0 Å². The minimum absolute atomic E-state index is 0.262. The summed E-state index contributed by atoms with van der Waals surface area (Å²) in [5, 5.41) is 0. The molecule has 3 nitrogen and oxygen atoms in total. The van der Waals surface area contributed by atoms with Crippen LogP contribution in [0.1, 0.15) is 13.8 Å². The maximum atomic E-state index is 10.5. The van der Waals surface area contributed by atoms with Gasteiger partial charge in [0.1, 0.15) is 0 Å². The summed E-state index contributed by atoms with van der Waals surface area (Å²) in [5.74, 6) is -0.499. The zero-order valence-corrected chi connectivity index (χ0v) is 6.39. The first kappa shape index (κ1) is 9.17. The fourth-order valence-corrected chi connectivity index (χ4v) is 0.551. The zero-order chi connectivity index (χ0) is 8.15. The molecule has 3 heteroatoms.